The van der Waals surface area contributed by atoms with Gasteiger partial charge in [-0.05, 0) is 80.2 Å². The van der Waals surface area contributed by atoms with E-state index in [1.165, 1.54) is 12.1 Å². The third-order valence-electron chi connectivity index (χ3n) is 9.27. The summed E-state index contributed by atoms with van der Waals surface area (Å²) in [5.41, 5.74) is 1.66. The Morgan fingerprint density at radius 1 is 1.02 bits per heavy atom. The van der Waals surface area contributed by atoms with Crippen LogP contribution < -0.4 is 14.4 Å². The van der Waals surface area contributed by atoms with E-state index < -0.39 is 5.82 Å². The lowest BCUT2D eigenvalue weighted by atomic mass is 9.94. The topological polar surface area (TPSA) is 71.0 Å². The summed E-state index contributed by atoms with van der Waals surface area (Å²) in [7, 11) is 2.10. The van der Waals surface area contributed by atoms with Gasteiger partial charge in [-0.2, -0.15) is 0 Å². The molecule has 0 spiro atoms. The van der Waals surface area contributed by atoms with Crippen molar-refractivity contribution in [3.8, 4) is 28.8 Å². The second-order valence-corrected chi connectivity index (χ2v) is 11.8. The van der Waals surface area contributed by atoms with Gasteiger partial charge in [0.15, 0.2) is 5.82 Å². The van der Waals surface area contributed by atoms with Crippen LogP contribution in [0.3, 0.4) is 0 Å². The molecular formula is C33H36F2N4O3. The molecule has 2 aromatic carbocycles. The van der Waals surface area contributed by atoms with Crippen LogP contribution in [-0.4, -0.2) is 65.4 Å². The number of fused-ring (bicyclic) bond motifs is 3. The van der Waals surface area contributed by atoms with Crippen LogP contribution in [0, 0.1) is 11.6 Å². The van der Waals surface area contributed by atoms with Crippen molar-refractivity contribution in [1.82, 2.24) is 14.9 Å². The molecule has 2 fully saturated rings. The Kier molecular flexibility index (Phi) is 7.00. The first-order valence-corrected chi connectivity index (χ1v) is 15.1. The third kappa shape index (κ3) is 4.58. The van der Waals surface area contributed by atoms with Gasteiger partial charge in [0.1, 0.15) is 36.0 Å². The molecule has 220 valence electrons. The summed E-state index contributed by atoms with van der Waals surface area (Å²) in [6.07, 6.45) is 6.80. The maximum Gasteiger partial charge on any atom is 0.225 e. The number of benzene rings is 2. The number of anilines is 1. The number of phenolic OH excluding ortho intramolecular Hbond substituents is 1. The molecule has 1 unspecified atom stereocenters. The Morgan fingerprint density at radius 2 is 1.90 bits per heavy atom. The van der Waals surface area contributed by atoms with E-state index in [-0.39, 0.29) is 34.9 Å². The molecule has 7 nitrogen and oxygen atoms in total. The number of aryl methyl sites for hydroxylation is 1. The normalized spacial score (nSPS) is 20.8. The summed E-state index contributed by atoms with van der Waals surface area (Å²) < 4.78 is 44.5. The number of likely N-dealkylation sites (N-methyl/N-ethyl adjacent to an activating group) is 1. The van der Waals surface area contributed by atoms with Crippen LogP contribution >= 0.6 is 0 Å². The summed E-state index contributed by atoms with van der Waals surface area (Å²) in [5, 5.41) is 12.3. The highest BCUT2D eigenvalue weighted by Gasteiger charge is 2.33. The Morgan fingerprint density at radius 3 is 2.71 bits per heavy atom. The molecule has 0 radical (unpaired) electrons. The Labute approximate surface area is 244 Å². The van der Waals surface area contributed by atoms with Crippen LogP contribution in [0.2, 0.25) is 0 Å². The van der Waals surface area contributed by atoms with E-state index in [9.17, 15) is 9.50 Å². The lowest BCUT2D eigenvalue weighted by molar-refractivity contribution is 0.193. The minimum absolute atomic E-state index is 0.0260. The first kappa shape index (κ1) is 27.1. The quantitative estimate of drug-likeness (QED) is 0.288. The SMILES string of the molecule is CCc1c(F)ccc2cc(O)cc(-c3nc4c5c(cc(OC[C@@H]6CCCN6C)nc5c3F)N3CCCCCC3CO4)c12. The molecule has 42 heavy (non-hydrogen) atoms. The van der Waals surface area contributed by atoms with Crippen molar-refractivity contribution in [2.75, 3.05) is 38.3 Å². The van der Waals surface area contributed by atoms with Crippen molar-refractivity contribution >= 4 is 27.4 Å². The number of nitrogens with zero attached hydrogens (tertiary/aromatic N) is 4. The predicted octanol–water partition coefficient (Wildman–Crippen LogP) is 6.61. The zero-order valence-corrected chi connectivity index (χ0v) is 24.1. The fraction of sp³-hybridized carbons (Fsp3) is 0.455. The predicted molar refractivity (Wildman–Crippen MR) is 160 cm³/mol. The lowest BCUT2D eigenvalue weighted by Crippen LogP contribution is -2.38. The molecule has 3 aliphatic heterocycles. The number of halogens is 2. The standard InChI is InChI=1S/C33H36F2N4O3/c1-3-23-25(34)11-10-19-14-22(40)15-24(28(19)23)31-30(35)32-29-26(16-27(36-32)41-17-20-9-7-12-38(20)2)39-13-6-4-5-8-21(39)18-42-33(29)37-31/h10-11,14-16,20-21,40H,3-9,12-13,17-18H2,1-2H3/t20-,21?/m0/s1. The maximum atomic E-state index is 16.9. The largest absolute Gasteiger partial charge is 0.508 e. The highest BCUT2D eigenvalue weighted by atomic mass is 19.1. The van der Waals surface area contributed by atoms with Crippen LogP contribution in [0.1, 0.15) is 51.0 Å². The van der Waals surface area contributed by atoms with Crippen LogP contribution in [0.25, 0.3) is 32.9 Å². The van der Waals surface area contributed by atoms with E-state index in [4.69, 9.17) is 19.4 Å². The van der Waals surface area contributed by atoms with Gasteiger partial charge >= 0.3 is 0 Å². The maximum absolute atomic E-state index is 16.9. The van der Waals surface area contributed by atoms with Gasteiger partial charge in [-0.1, -0.05) is 25.8 Å². The highest BCUT2D eigenvalue weighted by Crippen LogP contribution is 2.45. The first-order valence-electron chi connectivity index (χ1n) is 15.1. The highest BCUT2D eigenvalue weighted by molar-refractivity contribution is 6.04. The minimum Gasteiger partial charge on any atom is -0.508 e. The zero-order chi connectivity index (χ0) is 29.0. The van der Waals surface area contributed by atoms with Crippen molar-refractivity contribution in [3.05, 3.63) is 47.5 Å². The Balaban J connectivity index is 1.46. The fourth-order valence-electron chi connectivity index (χ4n) is 7.03. The van der Waals surface area contributed by atoms with Crippen molar-refractivity contribution in [3.63, 3.8) is 0 Å². The number of aromatic hydroxyl groups is 1. The molecule has 4 aromatic rings. The van der Waals surface area contributed by atoms with Crippen LogP contribution in [-0.2, 0) is 6.42 Å². The van der Waals surface area contributed by atoms with Gasteiger partial charge in [-0.3, -0.25) is 0 Å². The molecule has 9 heteroatoms. The van der Waals surface area contributed by atoms with E-state index in [0.717, 1.165) is 57.3 Å². The summed E-state index contributed by atoms with van der Waals surface area (Å²) >= 11 is 0. The van der Waals surface area contributed by atoms with E-state index in [2.05, 4.69) is 16.8 Å². The van der Waals surface area contributed by atoms with Gasteiger partial charge in [0.05, 0.1) is 17.1 Å². The second kappa shape index (κ2) is 10.8. The number of rotatable bonds is 5. The number of hydrogen-bond acceptors (Lipinski definition) is 7. The molecule has 1 N–H and O–H groups in total. The monoisotopic (exact) mass is 574 g/mol. The first-order chi connectivity index (χ1) is 20.4. The van der Waals surface area contributed by atoms with Crippen molar-refractivity contribution in [2.45, 2.75) is 64.0 Å². The van der Waals surface area contributed by atoms with Gasteiger partial charge < -0.3 is 24.4 Å². The van der Waals surface area contributed by atoms with Gasteiger partial charge in [-0.15, -0.1) is 0 Å². The molecule has 2 atom stereocenters. The summed E-state index contributed by atoms with van der Waals surface area (Å²) in [6, 6.07) is 8.31. The second-order valence-electron chi connectivity index (χ2n) is 11.8. The minimum atomic E-state index is -0.645. The van der Waals surface area contributed by atoms with E-state index in [1.54, 1.807) is 12.1 Å². The van der Waals surface area contributed by atoms with Gasteiger partial charge in [-0.25, -0.2) is 18.7 Å². The molecule has 0 aliphatic carbocycles. The van der Waals surface area contributed by atoms with Crippen LogP contribution in [0.4, 0.5) is 14.5 Å². The van der Waals surface area contributed by atoms with Gasteiger partial charge in [0.25, 0.3) is 0 Å². The third-order valence-corrected chi connectivity index (χ3v) is 9.27. The zero-order valence-electron chi connectivity index (χ0n) is 24.1. The van der Waals surface area contributed by atoms with E-state index in [0.29, 0.717) is 58.7 Å². The van der Waals surface area contributed by atoms with Gasteiger partial charge in [0.2, 0.25) is 11.8 Å². The number of ether oxygens (including phenoxy) is 2. The Bertz CT molecular complexity index is 1680. The number of aromatic nitrogens is 2. The smallest absolute Gasteiger partial charge is 0.225 e. The van der Waals surface area contributed by atoms with Crippen molar-refractivity contribution in [2.24, 2.45) is 0 Å². The van der Waals surface area contributed by atoms with E-state index >= 15 is 4.39 Å². The fourth-order valence-corrected chi connectivity index (χ4v) is 7.03. The number of pyridine rings is 2. The van der Waals surface area contributed by atoms with Crippen LogP contribution in [0.15, 0.2) is 30.3 Å². The molecule has 0 bridgehead atoms. The van der Waals surface area contributed by atoms with E-state index in [1.807, 2.05) is 13.0 Å². The van der Waals surface area contributed by atoms with Crippen molar-refractivity contribution in [1.29, 1.82) is 0 Å². The van der Waals surface area contributed by atoms with Gasteiger partial charge in [0, 0.05) is 24.2 Å². The molecule has 0 amide bonds. The number of phenols is 1. The molecule has 0 saturated carbocycles. The molecular weight excluding hydrogens is 538 g/mol. The summed E-state index contributed by atoms with van der Waals surface area (Å²) in [4.78, 5) is 14.1. The molecule has 2 aromatic heterocycles. The number of likely N-dealkylation sites (tertiary alicyclic amines) is 1. The summed E-state index contributed by atoms with van der Waals surface area (Å²) in [6.45, 7) is 4.60. The molecule has 7 rings (SSSR count). The molecule has 3 aliphatic rings. The number of hydrogen-bond donors (Lipinski definition) is 1. The Hall–Kier alpha value is -3.72. The molecule has 5 heterocycles. The van der Waals surface area contributed by atoms with Crippen molar-refractivity contribution < 1.29 is 23.4 Å². The summed E-state index contributed by atoms with van der Waals surface area (Å²) in [5.74, 6) is -0.420. The van der Waals surface area contributed by atoms with Crippen LogP contribution in [0.5, 0.6) is 17.5 Å². The molecule has 2 saturated heterocycles. The average Bonchev–Trinajstić information content (AvgIpc) is 3.17. The average molecular weight is 575 g/mol. The lowest BCUT2D eigenvalue weighted by Gasteiger charge is -2.30.